The normalized spacial score (nSPS) is 28.1. The number of pyridine rings is 1. The molecule has 84 valence electrons. The molecule has 1 saturated carbocycles. The van der Waals surface area contributed by atoms with Crippen LogP contribution in [0.1, 0.15) is 25.7 Å². The number of anilines is 2. The fourth-order valence-electron chi connectivity index (χ4n) is 2.66. The molecule has 2 aliphatic rings. The molecule has 16 heavy (non-hydrogen) atoms. The SMILES string of the molecule is O=C1Nc2ccncc2NC2CCCCC12. The first-order chi connectivity index (χ1) is 7.84. The number of rotatable bonds is 0. The third-order valence-electron chi connectivity index (χ3n) is 3.52. The molecule has 1 aliphatic carbocycles. The zero-order valence-electron chi connectivity index (χ0n) is 9.07. The van der Waals surface area contributed by atoms with Crippen LogP contribution in [-0.2, 0) is 4.79 Å². The highest BCUT2D eigenvalue weighted by Crippen LogP contribution is 2.33. The van der Waals surface area contributed by atoms with Crippen LogP contribution in [0.4, 0.5) is 11.4 Å². The molecular weight excluding hydrogens is 202 g/mol. The summed E-state index contributed by atoms with van der Waals surface area (Å²) >= 11 is 0. The molecule has 1 aromatic rings. The Kier molecular flexibility index (Phi) is 2.27. The van der Waals surface area contributed by atoms with Crippen molar-refractivity contribution in [3.63, 3.8) is 0 Å². The molecule has 2 atom stereocenters. The molecule has 4 nitrogen and oxygen atoms in total. The Morgan fingerprint density at radius 1 is 1.25 bits per heavy atom. The Balaban J connectivity index is 1.96. The average Bonchev–Trinajstić information content (AvgIpc) is 2.45. The van der Waals surface area contributed by atoms with Gasteiger partial charge in [-0.3, -0.25) is 9.78 Å². The van der Waals surface area contributed by atoms with Crippen molar-refractivity contribution in [2.45, 2.75) is 31.7 Å². The highest BCUT2D eigenvalue weighted by Gasteiger charge is 2.33. The summed E-state index contributed by atoms with van der Waals surface area (Å²) < 4.78 is 0. The lowest BCUT2D eigenvalue weighted by atomic mass is 9.84. The number of fused-ring (bicyclic) bond motifs is 2. The summed E-state index contributed by atoms with van der Waals surface area (Å²) in [5.74, 6) is 0.267. The molecule has 0 radical (unpaired) electrons. The Morgan fingerprint density at radius 2 is 2.12 bits per heavy atom. The van der Waals surface area contributed by atoms with Crippen LogP contribution in [0.15, 0.2) is 18.5 Å². The van der Waals surface area contributed by atoms with Crippen LogP contribution < -0.4 is 10.6 Å². The van der Waals surface area contributed by atoms with Gasteiger partial charge in [0.25, 0.3) is 0 Å². The van der Waals surface area contributed by atoms with Crippen molar-refractivity contribution in [1.29, 1.82) is 0 Å². The third kappa shape index (κ3) is 1.54. The van der Waals surface area contributed by atoms with Gasteiger partial charge in [-0.2, -0.15) is 0 Å². The van der Waals surface area contributed by atoms with E-state index in [-0.39, 0.29) is 17.9 Å². The van der Waals surface area contributed by atoms with Crippen LogP contribution in [0.3, 0.4) is 0 Å². The highest BCUT2D eigenvalue weighted by atomic mass is 16.2. The van der Waals surface area contributed by atoms with E-state index in [1.165, 1.54) is 6.42 Å². The summed E-state index contributed by atoms with van der Waals surface area (Å²) in [7, 11) is 0. The maximum absolute atomic E-state index is 12.0. The molecule has 4 heteroatoms. The van der Waals surface area contributed by atoms with E-state index in [9.17, 15) is 4.79 Å². The molecule has 2 heterocycles. The van der Waals surface area contributed by atoms with Crippen molar-refractivity contribution in [3.8, 4) is 0 Å². The summed E-state index contributed by atoms with van der Waals surface area (Å²) in [6.45, 7) is 0. The van der Waals surface area contributed by atoms with Crippen LogP contribution >= 0.6 is 0 Å². The van der Waals surface area contributed by atoms with Gasteiger partial charge in [-0.15, -0.1) is 0 Å². The number of amides is 1. The lowest BCUT2D eigenvalue weighted by Crippen LogP contribution is -2.37. The Morgan fingerprint density at radius 3 is 3.06 bits per heavy atom. The van der Waals surface area contributed by atoms with Crippen molar-refractivity contribution < 1.29 is 4.79 Å². The van der Waals surface area contributed by atoms with E-state index in [1.807, 2.05) is 6.07 Å². The fraction of sp³-hybridized carbons (Fsp3) is 0.500. The lowest BCUT2D eigenvalue weighted by Gasteiger charge is -2.29. The van der Waals surface area contributed by atoms with E-state index in [0.29, 0.717) is 0 Å². The molecule has 0 spiro atoms. The zero-order valence-corrected chi connectivity index (χ0v) is 9.07. The smallest absolute Gasteiger partial charge is 0.229 e. The van der Waals surface area contributed by atoms with E-state index in [1.54, 1.807) is 12.4 Å². The molecule has 1 aliphatic heterocycles. The summed E-state index contributed by atoms with van der Waals surface area (Å²) in [4.78, 5) is 16.1. The van der Waals surface area contributed by atoms with Gasteiger partial charge in [-0.25, -0.2) is 0 Å². The van der Waals surface area contributed by atoms with E-state index in [4.69, 9.17) is 0 Å². The Hall–Kier alpha value is -1.58. The molecule has 1 fully saturated rings. The van der Waals surface area contributed by atoms with Gasteiger partial charge in [-0.05, 0) is 18.9 Å². The van der Waals surface area contributed by atoms with Gasteiger partial charge in [0.15, 0.2) is 0 Å². The van der Waals surface area contributed by atoms with Gasteiger partial charge in [0.2, 0.25) is 5.91 Å². The average molecular weight is 217 g/mol. The molecule has 0 bridgehead atoms. The maximum atomic E-state index is 12.0. The largest absolute Gasteiger partial charge is 0.379 e. The second kappa shape index (κ2) is 3.77. The minimum Gasteiger partial charge on any atom is -0.379 e. The number of nitrogens with zero attached hydrogens (tertiary/aromatic N) is 1. The van der Waals surface area contributed by atoms with Gasteiger partial charge in [0, 0.05) is 12.2 Å². The van der Waals surface area contributed by atoms with Gasteiger partial charge < -0.3 is 10.6 Å². The van der Waals surface area contributed by atoms with Crippen molar-refractivity contribution in [1.82, 2.24) is 4.98 Å². The van der Waals surface area contributed by atoms with E-state index in [0.717, 1.165) is 30.6 Å². The quantitative estimate of drug-likeness (QED) is 0.699. The Labute approximate surface area is 94.5 Å². The first kappa shape index (κ1) is 9.63. The summed E-state index contributed by atoms with van der Waals surface area (Å²) in [5, 5.41) is 6.43. The first-order valence-electron chi connectivity index (χ1n) is 5.86. The minimum absolute atomic E-state index is 0.112. The summed E-state index contributed by atoms with van der Waals surface area (Å²) in [6, 6.07) is 2.12. The van der Waals surface area contributed by atoms with Crippen molar-refractivity contribution in [2.75, 3.05) is 10.6 Å². The second-order valence-electron chi connectivity index (χ2n) is 4.55. The van der Waals surface area contributed by atoms with Crippen LogP contribution in [0.25, 0.3) is 0 Å². The molecule has 1 aromatic heterocycles. The fourth-order valence-corrected chi connectivity index (χ4v) is 2.66. The number of aromatic nitrogens is 1. The molecular formula is C12H15N3O. The molecule has 3 rings (SSSR count). The predicted octanol–water partition coefficient (Wildman–Crippen LogP) is 2.00. The number of hydrogen-bond acceptors (Lipinski definition) is 3. The monoisotopic (exact) mass is 217 g/mol. The van der Waals surface area contributed by atoms with E-state index < -0.39 is 0 Å². The number of nitrogens with one attached hydrogen (secondary N) is 2. The molecule has 0 saturated heterocycles. The minimum atomic E-state index is 0.112. The van der Waals surface area contributed by atoms with Crippen LogP contribution in [-0.4, -0.2) is 16.9 Å². The Bertz CT molecular complexity index is 418. The van der Waals surface area contributed by atoms with Crippen molar-refractivity contribution in [3.05, 3.63) is 18.5 Å². The number of carbonyl (C=O) groups excluding carboxylic acids is 1. The zero-order chi connectivity index (χ0) is 11.0. The molecule has 1 amide bonds. The highest BCUT2D eigenvalue weighted by molar-refractivity contribution is 5.97. The van der Waals surface area contributed by atoms with Crippen molar-refractivity contribution in [2.24, 2.45) is 5.92 Å². The van der Waals surface area contributed by atoms with Crippen LogP contribution in [0, 0.1) is 5.92 Å². The molecule has 2 N–H and O–H groups in total. The van der Waals surface area contributed by atoms with Crippen molar-refractivity contribution >= 4 is 17.3 Å². The van der Waals surface area contributed by atoms with E-state index in [2.05, 4.69) is 15.6 Å². The van der Waals surface area contributed by atoms with Gasteiger partial charge >= 0.3 is 0 Å². The predicted molar refractivity (Wildman–Crippen MR) is 62.2 cm³/mol. The molecule has 2 unspecified atom stereocenters. The second-order valence-corrected chi connectivity index (χ2v) is 4.55. The first-order valence-corrected chi connectivity index (χ1v) is 5.86. The van der Waals surface area contributed by atoms with Gasteiger partial charge in [0.05, 0.1) is 23.5 Å². The molecule has 0 aromatic carbocycles. The summed E-state index contributed by atoms with van der Waals surface area (Å²) in [5.41, 5.74) is 1.81. The van der Waals surface area contributed by atoms with Gasteiger partial charge in [-0.1, -0.05) is 12.8 Å². The van der Waals surface area contributed by atoms with Gasteiger partial charge in [0.1, 0.15) is 0 Å². The van der Waals surface area contributed by atoms with E-state index >= 15 is 0 Å². The standard InChI is InChI=1S/C12H15N3O/c16-12-8-3-1-2-4-9(8)14-11-7-13-6-5-10(11)15-12/h5-9,14H,1-4H2,(H,15,16). The number of carbonyl (C=O) groups is 1. The number of hydrogen-bond donors (Lipinski definition) is 2. The van der Waals surface area contributed by atoms with Crippen LogP contribution in [0.5, 0.6) is 0 Å². The van der Waals surface area contributed by atoms with Crippen LogP contribution in [0.2, 0.25) is 0 Å². The maximum Gasteiger partial charge on any atom is 0.229 e. The topological polar surface area (TPSA) is 54.0 Å². The summed E-state index contributed by atoms with van der Waals surface area (Å²) in [6.07, 6.45) is 7.92. The third-order valence-corrected chi connectivity index (χ3v) is 3.52. The lowest BCUT2D eigenvalue weighted by molar-refractivity contribution is -0.120.